The van der Waals surface area contributed by atoms with Gasteiger partial charge in [0.15, 0.2) is 0 Å². The second-order valence-corrected chi connectivity index (χ2v) is 6.22. The summed E-state index contributed by atoms with van der Waals surface area (Å²) >= 11 is 0. The molecule has 0 aromatic carbocycles. The van der Waals surface area contributed by atoms with Gasteiger partial charge in [0, 0.05) is 18.4 Å². The van der Waals surface area contributed by atoms with Gasteiger partial charge in [-0.2, -0.15) is 0 Å². The predicted molar refractivity (Wildman–Crippen MR) is 94.7 cm³/mol. The Morgan fingerprint density at radius 2 is 2.12 bits per heavy atom. The summed E-state index contributed by atoms with van der Waals surface area (Å²) in [4.78, 5) is 18.8. The van der Waals surface area contributed by atoms with Gasteiger partial charge in [-0.1, -0.05) is 46.0 Å². The number of nitrogens with zero attached hydrogens (tertiary/aromatic N) is 3. The first-order valence-corrected chi connectivity index (χ1v) is 9.07. The Labute approximate surface area is 144 Å². The van der Waals surface area contributed by atoms with E-state index < -0.39 is 0 Å². The van der Waals surface area contributed by atoms with Gasteiger partial charge in [-0.15, -0.1) is 0 Å². The van der Waals surface area contributed by atoms with Crippen LogP contribution < -0.4 is 0 Å². The third-order valence-electron chi connectivity index (χ3n) is 4.43. The van der Waals surface area contributed by atoms with Gasteiger partial charge in [0.1, 0.15) is 12.1 Å². The van der Waals surface area contributed by atoms with Crippen LogP contribution in [-0.4, -0.2) is 26.5 Å². The van der Waals surface area contributed by atoms with Crippen LogP contribution in [0.1, 0.15) is 64.6 Å². The van der Waals surface area contributed by atoms with Crippen LogP contribution in [0.3, 0.4) is 0 Å². The highest BCUT2D eigenvalue weighted by atomic mass is 16.3. The van der Waals surface area contributed by atoms with Crippen molar-refractivity contribution in [2.24, 2.45) is 0 Å². The van der Waals surface area contributed by atoms with Gasteiger partial charge < -0.3 is 9.32 Å². The van der Waals surface area contributed by atoms with E-state index in [-0.39, 0.29) is 12.1 Å². The molecule has 5 nitrogen and oxygen atoms in total. The first-order valence-electron chi connectivity index (χ1n) is 9.07. The van der Waals surface area contributed by atoms with E-state index in [1.165, 1.54) is 25.7 Å². The lowest BCUT2D eigenvalue weighted by Crippen LogP contribution is -2.41. The smallest absolute Gasteiger partial charge is 0.330 e. The van der Waals surface area contributed by atoms with Crippen LogP contribution in [-0.2, 0) is 6.54 Å². The summed E-state index contributed by atoms with van der Waals surface area (Å²) in [5.41, 5.74) is 0. The lowest BCUT2D eigenvalue weighted by atomic mass is 10.0. The number of carbonyl (C=O) groups excluding carboxylic acids is 1. The lowest BCUT2D eigenvalue weighted by molar-refractivity contribution is 0.157. The molecule has 1 unspecified atom stereocenters. The SMILES string of the molecule is CCCCCCCC(CC)N(Cc1ccco1)C(=O)n1ccnc1. The van der Waals surface area contributed by atoms with Crippen LogP contribution in [0.5, 0.6) is 0 Å². The van der Waals surface area contributed by atoms with E-state index in [4.69, 9.17) is 4.42 Å². The summed E-state index contributed by atoms with van der Waals surface area (Å²) in [6.45, 7) is 4.87. The fourth-order valence-electron chi connectivity index (χ4n) is 3.01. The van der Waals surface area contributed by atoms with Crippen LogP contribution in [0.2, 0.25) is 0 Å². The fourth-order valence-corrected chi connectivity index (χ4v) is 3.01. The first kappa shape index (κ1) is 18.3. The van der Waals surface area contributed by atoms with E-state index in [2.05, 4.69) is 18.8 Å². The van der Waals surface area contributed by atoms with E-state index in [1.807, 2.05) is 17.0 Å². The van der Waals surface area contributed by atoms with Gasteiger partial charge in [-0.05, 0) is 25.0 Å². The quantitative estimate of drug-likeness (QED) is 0.570. The van der Waals surface area contributed by atoms with Gasteiger partial charge >= 0.3 is 6.03 Å². The van der Waals surface area contributed by atoms with E-state index in [9.17, 15) is 4.79 Å². The molecule has 0 radical (unpaired) electrons. The molecular weight excluding hydrogens is 302 g/mol. The number of hydrogen-bond donors (Lipinski definition) is 0. The Morgan fingerprint density at radius 1 is 1.29 bits per heavy atom. The van der Waals surface area contributed by atoms with Crippen LogP contribution in [0, 0.1) is 0 Å². The minimum Gasteiger partial charge on any atom is -0.467 e. The molecule has 132 valence electrons. The summed E-state index contributed by atoms with van der Waals surface area (Å²) in [7, 11) is 0. The van der Waals surface area contributed by atoms with Crippen molar-refractivity contribution >= 4 is 6.03 Å². The summed E-state index contributed by atoms with van der Waals surface area (Å²) in [5.74, 6) is 0.813. The average molecular weight is 331 g/mol. The van der Waals surface area contributed by atoms with Crippen molar-refractivity contribution in [3.8, 4) is 0 Å². The Morgan fingerprint density at radius 3 is 2.75 bits per heavy atom. The molecule has 2 rings (SSSR count). The highest BCUT2D eigenvalue weighted by Gasteiger charge is 2.24. The minimum absolute atomic E-state index is 0.0377. The van der Waals surface area contributed by atoms with E-state index >= 15 is 0 Å². The molecule has 24 heavy (non-hydrogen) atoms. The summed E-state index contributed by atoms with van der Waals surface area (Å²) in [6, 6.07) is 3.96. The van der Waals surface area contributed by atoms with Crippen LogP contribution in [0.15, 0.2) is 41.5 Å². The predicted octanol–water partition coefficient (Wildman–Crippen LogP) is 5.09. The van der Waals surface area contributed by atoms with E-state index in [0.29, 0.717) is 6.54 Å². The van der Waals surface area contributed by atoms with Gasteiger partial charge in [-0.25, -0.2) is 9.78 Å². The molecule has 0 fully saturated rings. The summed E-state index contributed by atoms with van der Waals surface area (Å²) in [6.07, 6.45) is 14.7. The molecule has 0 aliphatic rings. The number of aromatic nitrogens is 2. The molecule has 0 saturated heterocycles. The molecule has 2 aromatic heterocycles. The number of rotatable bonds is 10. The first-order chi connectivity index (χ1) is 11.8. The third-order valence-corrected chi connectivity index (χ3v) is 4.43. The molecule has 0 spiro atoms. The zero-order valence-electron chi connectivity index (χ0n) is 14.9. The number of unbranched alkanes of at least 4 members (excludes halogenated alkanes) is 4. The number of amides is 1. The molecule has 1 atom stereocenters. The maximum Gasteiger partial charge on any atom is 0.330 e. The second-order valence-electron chi connectivity index (χ2n) is 6.22. The van der Waals surface area contributed by atoms with Crippen molar-refractivity contribution in [1.29, 1.82) is 0 Å². The second kappa shape index (κ2) is 9.96. The summed E-state index contributed by atoms with van der Waals surface area (Å²) < 4.78 is 7.01. The minimum atomic E-state index is -0.0377. The highest BCUT2D eigenvalue weighted by Crippen LogP contribution is 2.19. The summed E-state index contributed by atoms with van der Waals surface area (Å²) in [5, 5.41) is 0. The molecule has 2 aromatic rings. The number of furan rings is 1. The zero-order chi connectivity index (χ0) is 17.2. The number of hydrogen-bond acceptors (Lipinski definition) is 3. The van der Waals surface area contributed by atoms with Crippen molar-refractivity contribution in [1.82, 2.24) is 14.5 Å². The Bertz CT molecular complexity index is 563. The number of imidazole rings is 1. The van der Waals surface area contributed by atoms with Gasteiger partial charge in [0.05, 0.1) is 12.8 Å². The normalized spacial score (nSPS) is 12.2. The molecule has 1 amide bonds. The Kier molecular flexibility index (Phi) is 7.59. The topological polar surface area (TPSA) is 51.3 Å². The zero-order valence-corrected chi connectivity index (χ0v) is 14.9. The molecule has 2 heterocycles. The van der Waals surface area contributed by atoms with Gasteiger partial charge in [0.25, 0.3) is 0 Å². The molecule has 0 saturated carbocycles. The van der Waals surface area contributed by atoms with E-state index in [1.54, 1.807) is 29.6 Å². The standard InChI is InChI=1S/C19H29N3O2/c1-3-5-6-7-8-10-17(4-2)22(15-18-11-9-14-24-18)19(23)21-13-12-20-16-21/h9,11-14,16-17H,3-8,10,15H2,1-2H3. The van der Waals surface area contributed by atoms with Crippen molar-refractivity contribution in [3.63, 3.8) is 0 Å². The maximum absolute atomic E-state index is 12.9. The van der Waals surface area contributed by atoms with Crippen molar-refractivity contribution in [2.45, 2.75) is 71.4 Å². The van der Waals surface area contributed by atoms with Crippen LogP contribution in [0.4, 0.5) is 4.79 Å². The number of carbonyl (C=O) groups is 1. The molecule has 0 aliphatic carbocycles. The van der Waals surface area contributed by atoms with Crippen molar-refractivity contribution in [2.75, 3.05) is 0 Å². The van der Waals surface area contributed by atoms with Crippen LogP contribution >= 0.6 is 0 Å². The third kappa shape index (κ3) is 5.25. The molecule has 5 heteroatoms. The van der Waals surface area contributed by atoms with Crippen molar-refractivity contribution < 1.29 is 9.21 Å². The molecular formula is C19H29N3O2. The maximum atomic E-state index is 12.9. The highest BCUT2D eigenvalue weighted by molar-refractivity contribution is 5.76. The Hall–Kier alpha value is -2.04. The molecule has 0 N–H and O–H groups in total. The fraction of sp³-hybridized carbons (Fsp3) is 0.579. The molecule has 0 bridgehead atoms. The monoisotopic (exact) mass is 331 g/mol. The van der Waals surface area contributed by atoms with Gasteiger partial charge in [0.2, 0.25) is 0 Å². The largest absolute Gasteiger partial charge is 0.467 e. The molecule has 0 aliphatic heterocycles. The average Bonchev–Trinajstić information content (AvgIpc) is 3.29. The van der Waals surface area contributed by atoms with E-state index in [0.717, 1.165) is 25.0 Å². The van der Waals surface area contributed by atoms with Gasteiger partial charge in [-0.3, -0.25) is 4.57 Å². The van der Waals surface area contributed by atoms with Crippen LogP contribution in [0.25, 0.3) is 0 Å². The Balaban J connectivity index is 2.03. The lowest BCUT2D eigenvalue weighted by Gasteiger charge is -2.30. The van der Waals surface area contributed by atoms with Crippen molar-refractivity contribution in [3.05, 3.63) is 42.9 Å².